The fraction of sp³-hybridized carbons (Fsp3) is 0.520. The van der Waals surface area contributed by atoms with E-state index >= 15 is 44.7 Å². The summed E-state index contributed by atoms with van der Waals surface area (Å²) in [5, 5.41) is 27.7. The monoisotopic (exact) mass is 1680 g/mol. The van der Waals surface area contributed by atoms with E-state index in [-0.39, 0.29) is 45.5 Å². The van der Waals surface area contributed by atoms with E-state index in [1.165, 1.54) is 63.5 Å². The number of amides is 4. The molecule has 2 unspecified atom stereocenters. The predicted octanol–water partition coefficient (Wildman–Crippen LogP) is 8.66. The number of rotatable bonds is 37. The lowest BCUT2D eigenvalue weighted by molar-refractivity contribution is -0.221. The number of phosphoric acid groups is 1. The summed E-state index contributed by atoms with van der Waals surface area (Å²) in [6.45, 7) is 0.895. The first-order chi connectivity index (χ1) is 54.6. The lowest BCUT2D eigenvalue weighted by atomic mass is 9.77. The second kappa shape index (κ2) is 38.3. The van der Waals surface area contributed by atoms with Gasteiger partial charge in [0.2, 0.25) is 11.9 Å². The quantitative estimate of drug-likeness (QED) is 0.00286. The number of ketones is 1. The number of aliphatic carboxylic acids is 2. The Bertz CT molecular complexity index is 4520. The second-order valence-electron chi connectivity index (χ2n) is 30.1. The molecule has 4 amide bonds. The number of hydrogen-bond acceptors (Lipinski definition) is 22. The van der Waals surface area contributed by atoms with Crippen LogP contribution in [0.1, 0.15) is 126 Å². The van der Waals surface area contributed by atoms with Gasteiger partial charge in [-0.3, -0.25) is 48.9 Å². The normalized spacial score (nSPS) is 16.8. The third-order valence-electron chi connectivity index (χ3n) is 20.5. The van der Waals surface area contributed by atoms with Gasteiger partial charge in [-0.1, -0.05) is 43.9 Å². The Balaban J connectivity index is 1.29. The van der Waals surface area contributed by atoms with Gasteiger partial charge in [-0.15, -0.1) is 0 Å². The van der Waals surface area contributed by atoms with Gasteiger partial charge in [-0.25, -0.2) is 47.4 Å². The van der Waals surface area contributed by atoms with Crippen molar-refractivity contribution in [3.63, 3.8) is 0 Å². The summed E-state index contributed by atoms with van der Waals surface area (Å²) in [5.74, 6) is -8.84. The number of carboxylic acid groups (broad SMARTS) is 2. The van der Waals surface area contributed by atoms with Gasteiger partial charge in [0, 0.05) is 103 Å². The van der Waals surface area contributed by atoms with Crippen LogP contribution in [0.4, 0.5) is 59.4 Å². The molecule has 7 atom stereocenters. The van der Waals surface area contributed by atoms with Crippen molar-refractivity contribution >= 4 is 67.9 Å². The zero-order chi connectivity index (χ0) is 86.6. The number of Topliss-reactive ketones (excluding diaryl/α,β-unsaturated/α-hetero) is 1. The van der Waals surface area contributed by atoms with Gasteiger partial charge in [0.15, 0.2) is 5.78 Å². The van der Waals surface area contributed by atoms with E-state index in [2.05, 4.69) is 56.3 Å². The molecule has 0 aliphatic carbocycles. The number of carbonyl (C=O) groups is 9. The number of aromatic nitrogens is 4. The van der Waals surface area contributed by atoms with Gasteiger partial charge >= 0.3 is 56.8 Å². The second-order valence-corrected chi connectivity index (χ2v) is 31.2. The van der Waals surface area contributed by atoms with Crippen LogP contribution >= 0.6 is 7.82 Å². The van der Waals surface area contributed by atoms with Crippen LogP contribution in [-0.2, 0) is 86.6 Å². The summed E-state index contributed by atoms with van der Waals surface area (Å²) < 4.78 is 197. The van der Waals surface area contributed by atoms with Crippen LogP contribution in [0.3, 0.4) is 0 Å². The Morgan fingerprint density at radius 3 is 1.90 bits per heavy atom. The number of phosphoric ester groups is 1. The Kier molecular flexibility index (Phi) is 30.1. The number of nitrogens with zero attached hydrogens (tertiary/aromatic N) is 8. The molecular formula is C75H88F10N11O20P. The van der Waals surface area contributed by atoms with E-state index in [1.807, 2.05) is 5.32 Å². The molecule has 2 bridgehead atoms. The highest BCUT2D eigenvalue weighted by Crippen LogP contribution is 2.48. The summed E-state index contributed by atoms with van der Waals surface area (Å²) in [4.78, 5) is 157. The summed E-state index contributed by atoms with van der Waals surface area (Å²) in [6, 6.07) is 3.55. The van der Waals surface area contributed by atoms with E-state index in [4.69, 9.17) is 14.0 Å². The zero-order valence-electron chi connectivity index (χ0n) is 64.6. The van der Waals surface area contributed by atoms with Crippen LogP contribution in [0.5, 0.6) is 5.75 Å². The minimum absolute atomic E-state index is 0.0352. The number of carbonyl (C=O) groups excluding carboxylic acids is 7. The number of nitrogens with one attached hydrogen (secondary N) is 3. The molecule has 117 heavy (non-hydrogen) atoms. The molecule has 0 saturated carbocycles. The van der Waals surface area contributed by atoms with E-state index < -0.39 is 225 Å². The molecule has 0 spiro atoms. The molecule has 8 rings (SSSR count). The Hall–Kier alpha value is -10.5. The van der Waals surface area contributed by atoms with Gasteiger partial charge < -0.3 is 58.9 Å². The van der Waals surface area contributed by atoms with Gasteiger partial charge in [0.25, 0.3) is 12.4 Å². The number of hydrazine groups is 1. The summed E-state index contributed by atoms with van der Waals surface area (Å²) in [6.07, 6.45) is -16.2. The van der Waals surface area contributed by atoms with Crippen molar-refractivity contribution in [2.75, 3.05) is 65.1 Å². The van der Waals surface area contributed by atoms with Crippen molar-refractivity contribution in [1.29, 1.82) is 0 Å². The highest BCUT2D eigenvalue weighted by Gasteiger charge is 2.58. The third-order valence-corrected chi connectivity index (χ3v) is 20.9. The largest absolute Gasteiger partial charge is 0.524 e. The van der Waals surface area contributed by atoms with Gasteiger partial charge in [0.1, 0.15) is 41.6 Å². The number of piperazine rings is 1. The SMILES string of the molecule is COC(=O)N[C@H](C(=O)C[C@@H](Cc1ccc(C#Cc2cnc(N3CC4CCC(C3)N4C3COC3)nc2)cc1)[C@H](CN(Cc1c(F)cc(-c2ccn(C(F)F)n2)cc1F)NC(=O)[C@@H](NC(=O)OC)C(C)(C)C(F)(F)F)OC(=O)CC(C)(C)c1c(CC(=O)N(CCC(=O)O)[C@@H](CCOC=O)C(=O)O)cc(C)cc1OP(=O)(O)O)C(C)(C)C(F)(F)F. The average Bonchev–Trinajstić information content (AvgIpc) is 1.55. The van der Waals surface area contributed by atoms with Crippen molar-refractivity contribution in [2.24, 2.45) is 16.7 Å². The van der Waals surface area contributed by atoms with E-state index in [9.17, 15) is 66.9 Å². The summed E-state index contributed by atoms with van der Waals surface area (Å²) >= 11 is 0. The average molecular weight is 1680 g/mol. The Morgan fingerprint density at radius 2 is 1.38 bits per heavy atom. The van der Waals surface area contributed by atoms with Crippen molar-refractivity contribution in [1.82, 2.24) is 50.6 Å². The van der Waals surface area contributed by atoms with Crippen LogP contribution in [-0.4, -0.2) is 224 Å². The molecule has 2 aromatic heterocycles. The van der Waals surface area contributed by atoms with Crippen molar-refractivity contribution in [3.8, 4) is 28.8 Å². The maximum atomic E-state index is 17.0. The van der Waals surface area contributed by atoms with Crippen molar-refractivity contribution in [2.45, 2.75) is 173 Å². The maximum Gasteiger partial charge on any atom is 0.524 e. The minimum atomic E-state index is -5.73. The highest BCUT2D eigenvalue weighted by atomic mass is 31.2. The number of benzene rings is 3. The molecular weight excluding hydrogens is 1600 g/mol. The van der Waals surface area contributed by atoms with Crippen LogP contribution in [0, 0.1) is 47.1 Å². The minimum Gasteiger partial charge on any atom is -0.481 e. The molecule has 3 saturated heterocycles. The van der Waals surface area contributed by atoms with Crippen LogP contribution in [0.15, 0.2) is 73.2 Å². The predicted molar refractivity (Wildman–Crippen MR) is 390 cm³/mol. The smallest absolute Gasteiger partial charge is 0.481 e. The fourth-order valence-corrected chi connectivity index (χ4v) is 14.6. The van der Waals surface area contributed by atoms with E-state index in [1.54, 1.807) is 5.32 Å². The number of hydrogen-bond donors (Lipinski definition) is 7. The number of fused-ring (bicyclic) bond motifs is 2. The van der Waals surface area contributed by atoms with Crippen LogP contribution in [0.25, 0.3) is 11.3 Å². The van der Waals surface area contributed by atoms with E-state index in [0.717, 1.165) is 38.3 Å². The van der Waals surface area contributed by atoms with E-state index in [0.29, 0.717) is 101 Å². The Labute approximate surface area is 663 Å². The third kappa shape index (κ3) is 23.7. The fourth-order valence-electron chi connectivity index (χ4n) is 14.2. The number of aryl methyl sites for hydroxylation is 1. The van der Waals surface area contributed by atoms with Gasteiger partial charge in [-0.05, 0) is 107 Å². The first-order valence-electron chi connectivity index (χ1n) is 36.3. The number of halogens is 10. The summed E-state index contributed by atoms with van der Waals surface area (Å²) in [5.41, 5.74) is -8.61. The standard InChI is InChI=1S/C75H88F10N11O20P/c1-41-24-47(30-59(99)94(21-19-60(100)101)55(66(104)105)20-23-113-40-97)62(57(25-41)116-117(108,109)110)71(2,3)31-61(102)115-58(37-93(91-65(103)64(89-70(107)112-9)73(6,7)75(83,84)85)36-51-52(76)27-45(28-53(51)77)54-18-22-95(90-54)67(78)79)46(29-56(98)63(88-69(106)111-8)72(4,5)74(80,81)82)26-43-13-10-42(11-14-43)12-15-44-32-86-68(87-33-44)92-34-48-16-17-49(35-92)96(48)50-38-114-39-50/h10-11,13-14,18,22,24-25,27-28,32-33,40,46,48-50,55,58,63-64,67H,16-17,19-21,23,26,29-31,34-39H2,1-9H3,(H,88,106)(H,89,107)(H,91,103)(H,100,101)(H,104,105)(H2,108,109,110)/t46-,48?,49?,55+,58+,63-,64-/m1/s1. The molecule has 0 radical (unpaired) electrons. The molecule has 7 N–H and O–H groups in total. The molecule has 5 aromatic rings. The van der Waals surface area contributed by atoms with Crippen LogP contribution < -0.4 is 25.5 Å². The molecule has 42 heteroatoms. The number of alkyl carbamates (subject to hydrolysis) is 2. The number of anilines is 1. The number of ether oxygens (including phenoxy) is 5. The lowest BCUT2D eigenvalue weighted by Crippen LogP contribution is -2.62. The van der Waals surface area contributed by atoms with Crippen molar-refractivity contribution < 1.29 is 140 Å². The molecule has 3 aliphatic rings. The van der Waals surface area contributed by atoms with Crippen LogP contribution in [0.2, 0.25) is 0 Å². The summed E-state index contributed by atoms with van der Waals surface area (Å²) in [7, 11) is -4.27. The lowest BCUT2D eigenvalue weighted by Gasteiger charge is -2.47. The topological polar surface area (TPSA) is 400 Å². The first kappa shape index (κ1) is 92.0. The first-order valence-corrected chi connectivity index (χ1v) is 37.8. The Morgan fingerprint density at radius 1 is 0.795 bits per heavy atom. The molecule has 3 fully saturated rings. The molecule has 5 heterocycles. The van der Waals surface area contributed by atoms with Gasteiger partial charge in [0.05, 0.1) is 88.0 Å². The molecule has 3 aromatic carbocycles. The number of methoxy groups -OCH3 is 2. The number of alkyl halides is 8. The van der Waals surface area contributed by atoms with Gasteiger partial charge in [-0.2, -0.15) is 40.2 Å². The number of carboxylic acids is 2. The molecule has 638 valence electrons. The number of esters is 1. The molecule has 31 nitrogen and oxygen atoms in total. The molecule has 3 aliphatic heterocycles. The highest BCUT2D eigenvalue weighted by molar-refractivity contribution is 7.46. The zero-order valence-corrected chi connectivity index (χ0v) is 65.5. The van der Waals surface area contributed by atoms with Crippen molar-refractivity contribution in [3.05, 3.63) is 124 Å². The maximum absolute atomic E-state index is 17.0.